The lowest BCUT2D eigenvalue weighted by atomic mass is 10.2. The molecule has 1 aliphatic rings. The first-order valence-corrected chi connectivity index (χ1v) is 6.66. The van der Waals surface area contributed by atoms with Crippen molar-refractivity contribution in [2.75, 3.05) is 5.32 Å². The number of nitrogens with zero attached hydrogens (tertiary/aromatic N) is 1. The van der Waals surface area contributed by atoms with Gasteiger partial charge in [0.1, 0.15) is 6.04 Å². The molecule has 18 heavy (non-hydrogen) atoms. The highest BCUT2D eigenvalue weighted by Crippen LogP contribution is 2.24. The summed E-state index contributed by atoms with van der Waals surface area (Å²) in [4.78, 5) is 11.8. The Hall–Kier alpha value is -1.54. The van der Waals surface area contributed by atoms with E-state index in [1.807, 2.05) is 6.92 Å². The maximum atomic E-state index is 11.8. The van der Waals surface area contributed by atoms with Gasteiger partial charge in [-0.25, -0.2) is 0 Å². The molecular weight excluding hydrogens is 294 g/mol. The van der Waals surface area contributed by atoms with Gasteiger partial charge in [-0.2, -0.15) is 5.26 Å². The number of benzene rings is 1. The molecule has 0 aliphatic heterocycles. The van der Waals surface area contributed by atoms with E-state index in [9.17, 15) is 4.79 Å². The molecule has 1 aliphatic carbocycles. The number of carbonyl (C=O) groups is 1. The van der Waals surface area contributed by atoms with Crippen LogP contribution in [-0.2, 0) is 4.79 Å². The average molecular weight is 308 g/mol. The topological polar surface area (TPSA) is 64.9 Å². The number of hydrogen-bond donors (Lipinski definition) is 2. The molecule has 0 spiro atoms. The number of anilines is 1. The van der Waals surface area contributed by atoms with Gasteiger partial charge in [-0.1, -0.05) is 0 Å². The molecule has 1 aromatic carbocycles. The molecule has 0 radical (unpaired) electrons. The fraction of sp³-hybridized carbons (Fsp3) is 0.385. The standard InChI is InChI=1S/C13H14BrN3O/c1-8(13(18)17-10-3-4-10)16-12-5-2-9(7-15)6-11(12)14/h2,5-6,8,10,16H,3-4H2,1H3,(H,17,18). The van der Waals surface area contributed by atoms with E-state index in [-0.39, 0.29) is 11.9 Å². The summed E-state index contributed by atoms with van der Waals surface area (Å²) in [5, 5.41) is 14.8. The molecule has 1 aromatic rings. The molecule has 0 aromatic heterocycles. The lowest BCUT2D eigenvalue weighted by Crippen LogP contribution is -2.38. The predicted octanol–water partition coefficient (Wildman–Crippen LogP) is 2.40. The molecule has 2 rings (SSSR count). The second-order valence-corrected chi connectivity index (χ2v) is 5.31. The van der Waals surface area contributed by atoms with E-state index < -0.39 is 0 Å². The van der Waals surface area contributed by atoms with Gasteiger partial charge in [0, 0.05) is 16.2 Å². The van der Waals surface area contributed by atoms with Gasteiger partial charge >= 0.3 is 0 Å². The summed E-state index contributed by atoms with van der Waals surface area (Å²) in [6.07, 6.45) is 2.16. The van der Waals surface area contributed by atoms with E-state index in [2.05, 4.69) is 32.6 Å². The fourth-order valence-electron chi connectivity index (χ4n) is 1.55. The van der Waals surface area contributed by atoms with Gasteiger partial charge < -0.3 is 10.6 Å². The number of hydrogen-bond acceptors (Lipinski definition) is 3. The van der Waals surface area contributed by atoms with Crippen LogP contribution in [0.15, 0.2) is 22.7 Å². The zero-order valence-electron chi connectivity index (χ0n) is 10.0. The third kappa shape index (κ3) is 3.23. The highest BCUT2D eigenvalue weighted by atomic mass is 79.9. The van der Waals surface area contributed by atoms with Crippen LogP contribution in [0.2, 0.25) is 0 Å². The molecule has 5 heteroatoms. The van der Waals surface area contributed by atoms with Crippen LogP contribution in [0.1, 0.15) is 25.3 Å². The summed E-state index contributed by atoms with van der Waals surface area (Å²) in [5.41, 5.74) is 1.40. The van der Waals surface area contributed by atoms with E-state index in [1.54, 1.807) is 18.2 Å². The van der Waals surface area contributed by atoms with Crippen LogP contribution in [0.4, 0.5) is 5.69 Å². The maximum absolute atomic E-state index is 11.8. The van der Waals surface area contributed by atoms with Crippen LogP contribution in [0.3, 0.4) is 0 Å². The van der Waals surface area contributed by atoms with Crippen LogP contribution >= 0.6 is 15.9 Å². The smallest absolute Gasteiger partial charge is 0.242 e. The first-order valence-electron chi connectivity index (χ1n) is 5.86. The Labute approximate surface area is 115 Å². The van der Waals surface area contributed by atoms with Crippen molar-refractivity contribution < 1.29 is 4.79 Å². The van der Waals surface area contributed by atoms with Crippen molar-refractivity contribution in [2.45, 2.75) is 31.8 Å². The Kier molecular flexibility index (Phi) is 3.87. The van der Waals surface area contributed by atoms with Crippen LogP contribution in [-0.4, -0.2) is 18.0 Å². The third-order valence-corrected chi connectivity index (χ3v) is 3.44. The summed E-state index contributed by atoms with van der Waals surface area (Å²) >= 11 is 3.38. The minimum Gasteiger partial charge on any atom is -0.373 e. The lowest BCUT2D eigenvalue weighted by Gasteiger charge is -2.16. The van der Waals surface area contributed by atoms with Crippen LogP contribution < -0.4 is 10.6 Å². The number of nitriles is 1. The SMILES string of the molecule is CC(Nc1ccc(C#N)cc1Br)C(=O)NC1CC1. The second kappa shape index (κ2) is 5.40. The van der Waals surface area contributed by atoms with Crippen LogP contribution in [0.25, 0.3) is 0 Å². The number of halogens is 1. The summed E-state index contributed by atoms with van der Waals surface area (Å²) in [7, 11) is 0. The van der Waals surface area contributed by atoms with E-state index in [1.165, 1.54) is 0 Å². The normalized spacial score (nSPS) is 15.6. The van der Waals surface area contributed by atoms with E-state index in [0.29, 0.717) is 11.6 Å². The van der Waals surface area contributed by atoms with Crippen molar-refractivity contribution in [3.63, 3.8) is 0 Å². The largest absolute Gasteiger partial charge is 0.373 e. The summed E-state index contributed by atoms with van der Waals surface area (Å²) in [5.74, 6) is 0.00811. The van der Waals surface area contributed by atoms with Crippen LogP contribution in [0, 0.1) is 11.3 Å². The molecular formula is C13H14BrN3O. The molecule has 1 fully saturated rings. The van der Waals surface area contributed by atoms with E-state index >= 15 is 0 Å². The van der Waals surface area contributed by atoms with Gasteiger partial charge in [0.15, 0.2) is 0 Å². The molecule has 1 unspecified atom stereocenters. The highest BCUT2D eigenvalue weighted by molar-refractivity contribution is 9.10. The van der Waals surface area contributed by atoms with Gasteiger partial charge in [-0.3, -0.25) is 4.79 Å². The van der Waals surface area contributed by atoms with Crippen molar-refractivity contribution >= 4 is 27.5 Å². The Morgan fingerprint density at radius 1 is 1.56 bits per heavy atom. The molecule has 1 atom stereocenters. The second-order valence-electron chi connectivity index (χ2n) is 4.46. The Morgan fingerprint density at radius 2 is 2.28 bits per heavy atom. The van der Waals surface area contributed by atoms with Gasteiger partial charge in [-0.05, 0) is 53.9 Å². The quantitative estimate of drug-likeness (QED) is 0.897. The Morgan fingerprint density at radius 3 is 2.83 bits per heavy atom. The summed E-state index contributed by atoms with van der Waals surface area (Å²) in [6, 6.07) is 7.38. The fourth-order valence-corrected chi connectivity index (χ4v) is 2.05. The predicted molar refractivity (Wildman–Crippen MR) is 73.1 cm³/mol. The van der Waals surface area contributed by atoms with Crippen molar-refractivity contribution in [1.82, 2.24) is 5.32 Å². The molecule has 1 amide bonds. The lowest BCUT2D eigenvalue weighted by molar-refractivity contribution is -0.121. The number of carbonyl (C=O) groups excluding carboxylic acids is 1. The van der Waals surface area contributed by atoms with Gasteiger partial charge in [0.05, 0.1) is 11.6 Å². The van der Waals surface area contributed by atoms with Gasteiger partial charge in [-0.15, -0.1) is 0 Å². The summed E-state index contributed by atoms with van der Waals surface area (Å²) in [6.45, 7) is 1.82. The molecule has 2 N–H and O–H groups in total. The maximum Gasteiger partial charge on any atom is 0.242 e. The highest BCUT2D eigenvalue weighted by Gasteiger charge is 2.25. The molecule has 1 saturated carbocycles. The molecule has 0 bridgehead atoms. The zero-order chi connectivity index (χ0) is 13.1. The minimum atomic E-state index is -0.296. The summed E-state index contributed by atoms with van der Waals surface area (Å²) < 4.78 is 0.785. The average Bonchev–Trinajstić information content (AvgIpc) is 3.15. The molecule has 0 heterocycles. The Balaban J connectivity index is 1.99. The van der Waals surface area contributed by atoms with Crippen molar-refractivity contribution in [3.05, 3.63) is 28.2 Å². The van der Waals surface area contributed by atoms with Crippen LogP contribution in [0.5, 0.6) is 0 Å². The monoisotopic (exact) mass is 307 g/mol. The third-order valence-electron chi connectivity index (χ3n) is 2.79. The zero-order valence-corrected chi connectivity index (χ0v) is 11.6. The first-order chi connectivity index (χ1) is 8.60. The number of nitrogens with one attached hydrogen (secondary N) is 2. The Bertz CT molecular complexity index is 505. The van der Waals surface area contributed by atoms with E-state index in [0.717, 1.165) is 23.0 Å². The minimum absolute atomic E-state index is 0.00811. The van der Waals surface area contributed by atoms with Crippen molar-refractivity contribution in [2.24, 2.45) is 0 Å². The van der Waals surface area contributed by atoms with E-state index in [4.69, 9.17) is 5.26 Å². The molecule has 94 valence electrons. The van der Waals surface area contributed by atoms with Crippen molar-refractivity contribution in [3.8, 4) is 6.07 Å². The number of rotatable bonds is 4. The molecule has 0 saturated heterocycles. The number of amides is 1. The van der Waals surface area contributed by atoms with Crippen molar-refractivity contribution in [1.29, 1.82) is 5.26 Å². The van der Waals surface area contributed by atoms with Gasteiger partial charge in [0.2, 0.25) is 5.91 Å². The van der Waals surface area contributed by atoms with Gasteiger partial charge in [0.25, 0.3) is 0 Å². The first kappa shape index (κ1) is 12.9. The molecule has 4 nitrogen and oxygen atoms in total.